The number of carbonyl (C=O) groups excluding carboxylic acids is 5. The van der Waals surface area contributed by atoms with Gasteiger partial charge in [0.1, 0.15) is 59.4 Å². The molecule has 0 radical (unpaired) electrons. The van der Waals surface area contributed by atoms with Gasteiger partial charge in [0.05, 0.1) is 42.8 Å². The normalized spacial score (nSPS) is 17.0. The maximum Gasteiger partial charge on any atom is 0.355 e. The second-order valence-electron chi connectivity index (χ2n) is 19.8. The number of alkyl halides is 1. The Morgan fingerprint density at radius 2 is 1.42 bits per heavy atom. The number of ether oxygens (including phenoxy) is 7. The van der Waals surface area contributed by atoms with Crippen LogP contribution in [-0.4, -0.2) is 130 Å². The number of aromatic nitrogens is 1. The number of esters is 2. The molecule has 2 unspecified atom stereocenters. The molecule has 2 fully saturated rings. The van der Waals surface area contributed by atoms with Crippen LogP contribution in [0.2, 0.25) is 5.02 Å². The molecular weight excluding hydrogens is 1220 g/mol. The van der Waals surface area contributed by atoms with Crippen LogP contribution in [0.5, 0.6) is 28.7 Å². The summed E-state index contributed by atoms with van der Waals surface area (Å²) in [5.41, 5.74) is 2.89. The molecule has 2 saturated heterocycles. The SMILES string of the molecule is COc1ccc(COC(=O)C2=C(CI)C[S@](=O)C3C(CC(=O)/C(=N/OCC(=O)OC(C)(C)C)c4csc(C)n4)C(=O)N23)cc1.COc1ccc(COc2ccc(C(=O)NCCN3CCCC3)c(Cl)c2OCc2ccc(OC)cc2)cc1. The van der Waals surface area contributed by atoms with Crippen molar-refractivity contribution in [3.8, 4) is 28.7 Å². The van der Waals surface area contributed by atoms with Gasteiger partial charge in [0, 0.05) is 45.9 Å². The topological polar surface area (TPSA) is 220 Å². The van der Waals surface area contributed by atoms with Gasteiger partial charge in [-0.25, -0.2) is 14.6 Å². The number of oxime groups is 1. The minimum Gasteiger partial charge on any atom is -0.497 e. The van der Waals surface area contributed by atoms with Gasteiger partial charge in [0.2, 0.25) is 12.5 Å². The quantitative estimate of drug-likeness (QED) is 0.0152. The van der Waals surface area contributed by atoms with Crippen molar-refractivity contribution in [2.45, 2.75) is 77.8 Å². The van der Waals surface area contributed by atoms with Crippen LogP contribution >= 0.6 is 45.5 Å². The van der Waals surface area contributed by atoms with Gasteiger partial charge in [-0.2, -0.15) is 0 Å². The average molecular weight is 1280 g/mol. The van der Waals surface area contributed by atoms with Crippen LogP contribution in [0.25, 0.3) is 0 Å². The number of ketones is 1. The first-order valence-electron chi connectivity index (χ1n) is 25.9. The van der Waals surface area contributed by atoms with Crippen molar-refractivity contribution in [2.75, 3.05) is 64.3 Å². The third-order valence-electron chi connectivity index (χ3n) is 12.8. The molecule has 3 atom stereocenters. The van der Waals surface area contributed by atoms with E-state index in [0.29, 0.717) is 51.0 Å². The number of nitrogens with one attached hydrogen (secondary N) is 1. The van der Waals surface area contributed by atoms with E-state index in [0.717, 1.165) is 47.8 Å². The van der Waals surface area contributed by atoms with E-state index in [1.807, 2.05) is 48.5 Å². The fourth-order valence-corrected chi connectivity index (χ4v) is 12.4. The van der Waals surface area contributed by atoms with Crippen molar-refractivity contribution >= 4 is 91.6 Å². The Bertz CT molecular complexity index is 3110. The highest BCUT2D eigenvalue weighted by Crippen LogP contribution is 2.42. The number of halogens is 2. The lowest BCUT2D eigenvalue weighted by molar-refractivity contribution is -0.160. The van der Waals surface area contributed by atoms with Gasteiger partial charge in [0.15, 0.2) is 23.0 Å². The Morgan fingerprint density at radius 3 is 1.96 bits per heavy atom. The fraction of sp³-hybridized carbons (Fsp3) is 0.397. The summed E-state index contributed by atoms with van der Waals surface area (Å²) < 4.78 is 52.2. The number of amides is 2. The smallest absolute Gasteiger partial charge is 0.355 e. The minimum atomic E-state index is -1.56. The molecule has 23 heteroatoms. The number of hydrogen-bond donors (Lipinski definition) is 1. The molecular formula is C58H65ClIN5O14S2. The van der Waals surface area contributed by atoms with E-state index < -0.39 is 57.9 Å². The predicted octanol–water partition coefficient (Wildman–Crippen LogP) is 8.80. The molecule has 4 heterocycles. The zero-order valence-electron chi connectivity index (χ0n) is 46.1. The molecule has 2 amide bonds. The van der Waals surface area contributed by atoms with E-state index in [1.165, 1.54) is 29.1 Å². The van der Waals surface area contributed by atoms with Gasteiger partial charge in [-0.15, -0.1) is 11.3 Å². The van der Waals surface area contributed by atoms with Crippen molar-refractivity contribution in [2.24, 2.45) is 11.1 Å². The molecule has 3 aliphatic rings. The molecule has 432 valence electrons. The molecule has 4 aromatic carbocycles. The van der Waals surface area contributed by atoms with E-state index in [9.17, 15) is 28.2 Å². The van der Waals surface area contributed by atoms with E-state index in [-0.39, 0.29) is 53.4 Å². The molecule has 0 aliphatic carbocycles. The predicted molar refractivity (Wildman–Crippen MR) is 315 cm³/mol. The van der Waals surface area contributed by atoms with Crippen LogP contribution in [0.4, 0.5) is 0 Å². The standard InChI is InChI=1S/C29H33ClN2O5.C29H32IN3O9S2/c1-34-23-9-5-21(6-10-23)19-36-26-14-13-25(29(33)31-15-18-32-16-3-4-17-32)27(30)28(26)37-20-22-7-11-24(35-2)12-8-22;1-16-31-21(14-43-16)24(32-41-13-23(35)42-29(2,3)4)22(34)10-20-26(36)33-25(18(11-30)15-44(38)27(20)33)28(37)40-12-17-6-8-19(39-5)9-7-17/h5-14H,3-4,15-20H2,1-2H3,(H,31,33);6-9,14,20,27H,10-13,15H2,1-5H3/b;32-24+/t;20?,27?,44-/m.0/s1. The molecule has 0 spiro atoms. The highest BCUT2D eigenvalue weighted by atomic mass is 127. The number of aryl methyl sites for hydroxylation is 1. The molecule has 5 aromatic rings. The number of Topliss-reactive ketones (excluding diaryl/α,β-unsaturated/α-hetero) is 1. The number of rotatable bonds is 24. The number of β-lactam (4-membered cyclic amide) rings is 1. The van der Waals surface area contributed by atoms with Crippen LogP contribution < -0.4 is 29.0 Å². The van der Waals surface area contributed by atoms with Gasteiger partial charge < -0.3 is 48.2 Å². The highest BCUT2D eigenvalue weighted by molar-refractivity contribution is 14.1. The zero-order valence-corrected chi connectivity index (χ0v) is 50.6. The largest absolute Gasteiger partial charge is 0.497 e. The molecule has 1 aromatic heterocycles. The summed E-state index contributed by atoms with van der Waals surface area (Å²) in [7, 11) is 3.25. The molecule has 1 N–H and O–H groups in total. The number of thiazole rings is 1. The molecule has 19 nitrogen and oxygen atoms in total. The average Bonchev–Trinajstić information content (AvgIpc) is 4.27. The van der Waals surface area contributed by atoms with Crippen molar-refractivity contribution in [1.29, 1.82) is 0 Å². The molecule has 0 saturated carbocycles. The summed E-state index contributed by atoms with van der Waals surface area (Å²) in [5.74, 6) is -0.612. The first-order valence-corrected chi connectivity index (χ1v) is 30.1. The van der Waals surface area contributed by atoms with E-state index in [2.05, 4.69) is 42.9 Å². The van der Waals surface area contributed by atoms with Crippen molar-refractivity contribution < 1.29 is 66.2 Å². The van der Waals surface area contributed by atoms with Crippen LogP contribution in [0.15, 0.2) is 107 Å². The summed E-state index contributed by atoms with van der Waals surface area (Å²) in [4.78, 5) is 78.2. The summed E-state index contributed by atoms with van der Waals surface area (Å²) >= 11 is 10.1. The van der Waals surface area contributed by atoms with E-state index in [4.69, 9.17) is 49.6 Å². The van der Waals surface area contributed by atoms with Crippen LogP contribution in [0.3, 0.4) is 0 Å². The van der Waals surface area contributed by atoms with Crippen LogP contribution in [0.1, 0.15) is 77.8 Å². The zero-order chi connectivity index (χ0) is 58.2. The third kappa shape index (κ3) is 17.0. The summed E-state index contributed by atoms with van der Waals surface area (Å²) in [5, 5.41) is 8.49. The van der Waals surface area contributed by atoms with Crippen LogP contribution in [0, 0.1) is 12.8 Å². The lowest BCUT2D eigenvalue weighted by Crippen LogP contribution is -2.66. The summed E-state index contributed by atoms with van der Waals surface area (Å²) in [6.45, 7) is 10.4. The van der Waals surface area contributed by atoms with Crippen LogP contribution in [-0.2, 0) is 64.1 Å². The summed E-state index contributed by atoms with van der Waals surface area (Å²) in [6, 6.07) is 25.6. The maximum atomic E-state index is 13.5. The Hall–Kier alpha value is -6.60. The molecule has 81 heavy (non-hydrogen) atoms. The number of methoxy groups -OCH3 is 3. The first-order chi connectivity index (χ1) is 38.9. The number of fused-ring (bicyclic) bond motifs is 1. The van der Waals surface area contributed by atoms with Gasteiger partial charge in [-0.3, -0.25) is 23.5 Å². The highest BCUT2D eigenvalue weighted by Gasteiger charge is 2.57. The maximum absolute atomic E-state index is 13.5. The summed E-state index contributed by atoms with van der Waals surface area (Å²) in [6.07, 6.45) is 2.09. The van der Waals surface area contributed by atoms with E-state index in [1.54, 1.807) is 90.8 Å². The lowest BCUT2D eigenvalue weighted by Gasteiger charge is -2.49. The number of hydrogen-bond acceptors (Lipinski definition) is 18. The number of benzene rings is 4. The second-order valence-corrected chi connectivity index (χ2v) is 23.5. The van der Waals surface area contributed by atoms with Gasteiger partial charge in [-0.05, 0) is 124 Å². The monoisotopic (exact) mass is 1280 g/mol. The van der Waals surface area contributed by atoms with Crippen molar-refractivity contribution in [3.63, 3.8) is 0 Å². The molecule has 8 rings (SSSR count). The lowest BCUT2D eigenvalue weighted by atomic mass is 9.89. The minimum absolute atomic E-state index is 0.0330. The Labute approximate surface area is 496 Å². The van der Waals surface area contributed by atoms with Gasteiger partial charge in [0.25, 0.3) is 5.91 Å². The van der Waals surface area contributed by atoms with Crippen molar-refractivity contribution in [3.05, 3.63) is 140 Å². The fourth-order valence-electron chi connectivity index (χ4n) is 8.71. The Kier molecular flexibility index (Phi) is 22.5. The number of likely N-dealkylation sites (tertiary alicyclic amines) is 1. The van der Waals surface area contributed by atoms with Gasteiger partial charge in [-0.1, -0.05) is 75.7 Å². The van der Waals surface area contributed by atoms with E-state index >= 15 is 0 Å². The van der Waals surface area contributed by atoms with Gasteiger partial charge >= 0.3 is 11.9 Å². The Morgan fingerprint density at radius 1 is 0.840 bits per heavy atom. The van der Waals surface area contributed by atoms with Crippen molar-refractivity contribution in [1.82, 2.24) is 20.1 Å². The second kappa shape index (κ2) is 29.4. The Balaban J connectivity index is 0.000000237. The third-order valence-corrected chi connectivity index (χ3v) is 16.6. The first kappa shape index (κ1) is 62.0. The molecule has 0 bridgehead atoms. The number of nitrogens with zero attached hydrogens (tertiary/aromatic N) is 4. The molecule has 3 aliphatic heterocycles. The number of carbonyl (C=O) groups is 5.